The molecule has 2 aromatic rings. The van der Waals surface area contributed by atoms with Gasteiger partial charge in [0.05, 0.1) is 13.2 Å². The molecule has 0 saturated heterocycles. The summed E-state index contributed by atoms with van der Waals surface area (Å²) in [5.41, 5.74) is 1.16. The summed E-state index contributed by atoms with van der Waals surface area (Å²) in [6, 6.07) is 8.13. The Bertz CT molecular complexity index is 857. The van der Waals surface area contributed by atoms with E-state index in [1.54, 1.807) is 0 Å². The van der Waals surface area contributed by atoms with Crippen LogP contribution in [-0.4, -0.2) is 27.3 Å². The van der Waals surface area contributed by atoms with Crippen LogP contribution >= 0.6 is 0 Å². The molecular weight excluding hydrogens is 328 g/mol. The van der Waals surface area contributed by atoms with E-state index >= 15 is 0 Å². The molecule has 1 amide bonds. The number of fused-ring (bicyclic) bond motifs is 2. The van der Waals surface area contributed by atoms with Gasteiger partial charge in [-0.3, -0.25) is 4.79 Å². The summed E-state index contributed by atoms with van der Waals surface area (Å²) in [6.45, 7) is 1.13. The average Bonchev–Trinajstić information content (AvgIpc) is 3.22. The van der Waals surface area contributed by atoms with Crippen LogP contribution in [0.4, 0.5) is 0 Å². The lowest BCUT2D eigenvalue weighted by Crippen LogP contribution is -2.31. The molecule has 3 aliphatic rings. The second-order valence-corrected chi connectivity index (χ2v) is 7.89. The quantitative estimate of drug-likeness (QED) is 0.918. The fraction of sp³-hybridized carbons (Fsp3) is 0.550. The second-order valence-electron chi connectivity index (χ2n) is 7.89. The van der Waals surface area contributed by atoms with Crippen molar-refractivity contribution < 1.29 is 9.53 Å². The minimum Gasteiger partial charge on any atom is -0.493 e. The van der Waals surface area contributed by atoms with Crippen molar-refractivity contribution in [1.82, 2.24) is 20.1 Å². The van der Waals surface area contributed by atoms with Crippen molar-refractivity contribution in [3.05, 3.63) is 41.5 Å². The molecule has 6 heteroatoms. The Hall–Kier alpha value is -2.37. The molecule has 1 N–H and O–H groups in total. The van der Waals surface area contributed by atoms with Gasteiger partial charge in [-0.15, -0.1) is 10.2 Å². The molecule has 0 radical (unpaired) electrons. The summed E-state index contributed by atoms with van der Waals surface area (Å²) in [6.07, 6.45) is 5.50. The summed E-state index contributed by atoms with van der Waals surface area (Å²) in [7, 11) is 2.00. The van der Waals surface area contributed by atoms with E-state index in [1.165, 1.54) is 24.8 Å². The van der Waals surface area contributed by atoms with Crippen LogP contribution in [0.1, 0.15) is 55.2 Å². The Morgan fingerprint density at radius 2 is 2.19 bits per heavy atom. The summed E-state index contributed by atoms with van der Waals surface area (Å²) < 4.78 is 7.81. The predicted molar refractivity (Wildman–Crippen MR) is 95.8 cm³/mol. The van der Waals surface area contributed by atoms with Gasteiger partial charge < -0.3 is 14.6 Å². The van der Waals surface area contributed by atoms with Gasteiger partial charge >= 0.3 is 0 Å². The lowest BCUT2D eigenvalue weighted by atomic mass is 9.85. The number of amides is 1. The Morgan fingerprint density at radius 3 is 3.00 bits per heavy atom. The fourth-order valence-electron chi connectivity index (χ4n) is 4.55. The molecule has 0 bridgehead atoms. The monoisotopic (exact) mass is 352 g/mol. The number of nitrogens with one attached hydrogen (secondary N) is 1. The lowest BCUT2D eigenvalue weighted by Gasteiger charge is -2.26. The van der Waals surface area contributed by atoms with Gasteiger partial charge in [0, 0.05) is 29.9 Å². The molecule has 1 aliphatic heterocycles. The highest BCUT2D eigenvalue weighted by Crippen LogP contribution is 2.60. The maximum atomic E-state index is 12.8. The molecule has 26 heavy (non-hydrogen) atoms. The largest absolute Gasteiger partial charge is 0.493 e. The predicted octanol–water partition coefficient (Wildman–Crippen LogP) is 2.44. The van der Waals surface area contributed by atoms with Gasteiger partial charge in [0.25, 0.3) is 0 Å². The molecule has 1 aromatic carbocycles. The molecule has 2 heterocycles. The molecule has 1 spiro atoms. The zero-order chi connectivity index (χ0) is 17.7. The van der Waals surface area contributed by atoms with Crippen LogP contribution < -0.4 is 10.1 Å². The van der Waals surface area contributed by atoms with Gasteiger partial charge in [-0.1, -0.05) is 24.6 Å². The minimum atomic E-state index is -0.0318. The lowest BCUT2D eigenvalue weighted by molar-refractivity contribution is -0.123. The van der Waals surface area contributed by atoms with Crippen molar-refractivity contribution >= 4 is 5.91 Å². The molecule has 2 fully saturated rings. The highest BCUT2D eigenvalue weighted by molar-refractivity contribution is 5.84. The zero-order valence-electron chi connectivity index (χ0n) is 15.1. The first-order valence-corrected chi connectivity index (χ1v) is 9.57. The first-order valence-electron chi connectivity index (χ1n) is 9.57. The summed E-state index contributed by atoms with van der Waals surface area (Å²) in [5.74, 6) is 3.53. The standard InChI is InChI=1S/C20H24N4O2/c1-24-17(22-23-18(24)13-5-4-6-13)12-21-19(25)15-11-20(15)9-10-26-16-8-3-2-7-14(16)20/h2-3,7-8,13,15H,4-6,9-12H2,1H3,(H,21,25)/t15-,20-/m0/s1. The smallest absolute Gasteiger partial charge is 0.224 e. The number of benzene rings is 1. The third-order valence-corrected chi connectivity index (χ3v) is 6.51. The second kappa shape index (κ2) is 5.83. The Morgan fingerprint density at radius 1 is 1.35 bits per heavy atom. The van der Waals surface area contributed by atoms with Crippen LogP contribution in [0.2, 0.25) is 0 Å². The topological polar surface area (TPSA) is 69.0 Å². The molecule has 5 rings (SSSR count). The van der Waals surface area contributed by atoms with Gasteiger partial charge in [-0.05, 0) is 31.7 Å². The van der Waals surface area contributed by atoms with Gasteiger partial charge in [-0.25, -0.2) is 0 Å². The third-order valence-electron chi connectivity index (χ3n) is 6.51. The molecule has 2 aliphatic carbocycles. The van der Waals surface area contributed by atoms with Crippen molar-refractivity contribution in [2.24, 2.45) is 13.0 Å². The summed E-state index contributed by atoms with van der Waals surface area (Å²) >= 11 is 0. The van der Waals surface area contributed by atoms with Gasteiger partial charge in [0.2, 0.25) is 5.91 Å². The van der Waals surface area contributed by atoms with Crippen molar-refractivity contribution in [2.75, 3.05) is 6.61 Å². The number of carbonyl (C=O) groups is 1. The zero-order valence-corrected chi connectivity index (χ0v) is 15.1. The maximum absolute atomic E-state index is 12.8. The van der Waals surface area contributed by atoms with Crippen molar-refractivity contribution in [3.63, 3.8) is 0 Å². The molecule has 0 unspecified atom stereocenters. The van der Waals surface area contributed by atoms with Crippen molar-refractivity contribution in [1.29, 1.82) is 0 Å². The van der Waals surface area contributed by atoms with E-state index in [0.717, 1.165) is 30.2 Å². The van der Waals surface area contributed by atoms with Crippen LogP contribution in [0.3, 0.4) is 0 Å². The van der Waals surface area contributed by atoms with E-state index in [0.29, 0.717) is 19.1 Å². The number of hydrogen-bond acceptors (Lipinski definition) is 4. The van der Waals surface area contributed by atoms with Crippen molar-refractivity contribution in [2.45, 2.75) is 50.0 Å². The third kappa shape index (κ3) is 2.35. The van der Waals surface area contributed by atoms with Gasteiger partial charge in [-0.2, -0.15) is 0 Å². The Balaban J connectivity index is 1.26. The maximum Gasteiger partial charge on any atom is 0.224 e. The molecule has 6 nitrogen and oxygen atoms in total. The van der Waals surface area contributed by atoms with Crippen LogP contribution in [0, 0.1) is 5.92 Å². The molecule has 136 valence electrons. The summed E-state index contributed by atoms with van der Waals surface area (Å²) in [4.78, 5) is 12.8. The number of hydrogen-bond donors (Lipinski definition) is 1. The first-order chi connectivity index (χ1) is 12.7. The van der Waals surface area contributed by atoms with E-state index in [9.17, 15) is 4.79 Å². The minimum absolute atomic E-state index is 0.0318. The summed E-state index contributed by atoms with van der Waals surface area (Å²) in [5, 5.41) is 11.7. The van der Waals surface area contributed by atoms with Crippen LogP contribution in [0.15, 0.2) is 24.3 Å². The molecule has 2 atom stereocenters. The normalized spacial score (nSPS) is 26.7. The Kier molecular flexibility index (Phi) is 3.55. The van der Waals surface area contributed by atoms with E-state index in [1.807, 2.05) is 25.2 Å². The highest BCUT2D eigenvalue weighted by atomic mass is 16.5. The van der Waals surface area contributed by atoms with E-state index in [4.69, 9.17) is 4.74 Å². The van der Waals surface area contributed by atoms with E-state index in [-0.39, 0.29) is 17.2 Å². The number of ether oxygens (including phenoxy) is 1. The molecular formula is C20H24N4O2. The number of nitrogens with zero attached hydrogens (tertiary/aromatic N) is 3. The van der Waals surface area contributed by atoms with E-state index < -0.39 is 0 Å². The number of aromatic nitrogens is 3. The number of para-hydroxylation sites is 1. The molecule has 1 aromatic heterocycles. The van der Waals surface area contributed by atoms with Gasteiger partial charge in [0.15, 0.2) is 5.82 Å². The average molecular weight is 352 g/mol. The van der Waals surface area contributed by atoms with Crippen LogP contribution in [-0.2, 0) is 23.8 Å². The Labute approximate surface area is 153 Å². The number of rotatable bonds is 4. The fourth-order valence-corrected chi connectivity index (χ4v) is 4.55. The molecule has 2 saturated carbocycles. The van der Waals surface area contributed by atoms with E-state index in [2.05, 4.69) is 26.1 Å². The van der Waals surface area contributed by atoms with Crippen LogP contribution in [0.5, 0.6) is 5.75 Å². The van der Waals surface area contributed by atoms with Gasteiger partial charge in [0.1, 0.15) is 11.6 Å². The number of carbonyl (C=O) groups excluding carboxylic acids is 1. The SMILES string of the molecule is Cn1c(CNC(=O)[C@@H]2C[C@]23CCOc2ccccc23)nnc1C1CCC1. The highest BCUT2D eigenvalue weighted by Gasteiger charge is 2.60. The van der Waals surface area contributed by atoms with Crippen molar-refractivity contribution in [3.8, 4) is 5.75 Å². The first kappa shape index (κ1) is 15.9. The van der Waals surface area contributed by atoms with Crippen LogP contribution in [0.25, 0.3) is 0 Å².